The SMILES string of the molecule is COC(=O)C1CCCCN1C(=O)CNC(=O)c1ccc(Cl)c(Cl)c1. The summed E-state index contributed by atoms with van der Waals surface area (Å²) in [5.41, 5.74) is 0.306. The Morgan fingerprint density at radius 2 is 2.00 bits per heavy atom. The molecule has 8 heteroatoms. The Labute approximate surface area is 150 Å². The van der Waals surface area contributed by atoms with Crippen LogP contribution in [0.5, 0.6) is 0 Å². The average molecular weight is 373 g/mol. The fourth-order valence-corrected chi connectivity index (χ4v) is 2.91. The fourth-order valence-electron chi connectivity index (χ4n) is 2.61. The van der Waals surface area contributed by atoms with Gasteiger partial charge in [0.05, 0.1) is 23.7 Å². The van der Waals surface area contributed by atoms with Gasteiger partial charge in [-0.2, -0.15) is 0 Å². The Hall–Kier alpha value is -1.79. The summed E-state index contributed by atoms with van der Waals surface area (Å²) in [6, 6.07) is 3.88. The Morgan fingerprint density at radius 3 is 2.67 bits per heavy atom. The number of rotatable bonds is 4. The monoisotopic (exact) mass is 372 g/mol. The van der Waals surface area contributed by atoms with E-state index >= 15 is 0 Å². The first-order valence-corrected chi connectivity index (χ1v) is 8.30. The lowest BCUT2D eigenvalue weighted by Gasteiger charge is -2.33. The molecule has 6 nitrogen and oxygen atoms in total. The molecule has 1 unspecified atom stereocenters. The Bertz CT molecular complexity index is 651. The number of likely N-dealkylation sites (tertiary alicyclic amines) is 1. The Kier molecular flexibility index (Phi) is 6.45. The summed E-state index contributed by atoms with van der Waals surface area (Å²) in [5, 5.41) is 3.14. The van der Waals surface area contributed by atoms with Crippen LogP contribution in [0.2, 0.25) is 10.0 Å². The number of hydrogen-bond donors (Lipinski definition) is 1. The van der Waals surface area contributed by atoms with E-state index in [4.69, 9.17) is 27.9 Å². The maximum atomic E-state index is 12.3. The maximum absolute atomic E-state index is 12.3. The average Bonchev–Trinajstić information content (AvgIpc) is 2.60. The van der Waals surface area contributed by atoms with Crippen molar-refractivity contribution in [1.29, 1.82) is 0 Å². The normalized spacial score (nSPS) is 17.3. The van der Waals surface area contributed by atoms with Crippen molar-refractivity contribution in [3.63, 3.8) is 0 Å². The van der Waals surface area contributed by atoms with Gasteiger partial charge in [-0.1, -0.05) is 23.2 Å². The molecular weight excluding hydrogens is 355 g/mol. The lowest BCUT2D eigenvalue weighted by atomic mass is 10.0. The van der Waals surface area contributed by atoms with Crippen molar-refractivity contribution in [2.24, 2.45) is 0 Å². The molecule has 0 bridgehead atoms. The molecule has 1 aromatic carbocycles. The van der Waals surface area contributed by atoms with Crippen LogP contribution in [0.1, 0.15) is 29.6 Å². The van der Waals surface area contributed by atoms with Crippen LogP contribution in [0.15, 0.2) is 18.2 Å². The first-order chi connectivity index (χ1) is 11.4. The second kappa shape index (κ2) is 8.35. The molecule has 2 amide bonds. The molecule has 1 fully saturated rings. The number of carbonyl (C=O) groups is 3. The molecule has 1 aromatic rings. The van der Waals surface area contributed by atoms with Gasteiger partial charge in [0.1, 0.15) is 6.04 Å². The van der Waals surface area contributed by atoms with E-state index in [0.29, 0.717) is 23.6 Å². The van der Waals surface area contributed by atoms with Gasteiger partial charge in [-0.15, -0.1) is 0 Å². The van der Waals surface area contributed by atoms with Crippen molar-refractivity contribution >= 4 is 41.0 Å². The van der Waals surface area contributed by atoms with Crippen molar-refractivity contribution in [3.05, 3.63) is 33.8 Å². The van der Waals surface area contributed by atoms with Crippen molar-refractivity contribution < 1.29 is 19.1 Å². The summed E-state index contributed by atoms with van der Waals surface area (Å²) in [6.07, 6.45) is 2.25. The molecule has 24 heavy (non-hydrogen) atoms. The summed E-state index contributed by atoms with van der Waals surface area (Å²) in [4.78, 5) is 37.7. The Morgan fingerprint density at radius 1 is 1.25 bits per heavy atom. The first kappa shape index (κ1) is 18.5. The zero-order valence-electron chi connectivity index (χ0n) is 13.2. The predicted molar refractivity (Wildman–Crippen MR) is 90.2 cm³/mol. The van der Waals surface area contributed by atoms with Crippen LogP contribution < -0.4 is 5.32 Å². The third kappa shape index (κ3) is 4.39. The lowest BCUT2D eigenvalue weighted by Crippen LogP contribution is -2.51. The summed E-state index contributed by atoms with van der Waals surface area (Å²) in [6.45, 7) is 0.272. The van der Waals surface area contributed by atoms with Gasteiger partial charge in [0.2, 0.25) is 5.91 Å². The maximum Gasteiger partial charge on any atom is 0.328 e. The minimum absolute atomic E-state index is 0.202. The van der Waals surface area contributed by atoms with Gasteiger partial charge >= 0.3 is 5.97 Å². The van der Waals surface area contributed by atoms with E-state index < -0.39 is 17.9 Å². The minimum Gasteiger partial charge on any atom is -0.467 e. The fraction of sp³-hybridized carbons (Fsp3) is 0.438. The summed E-state index contributed by atoms with van der Waals surface area (Å²) in [7, 11) is 1.30. The number of nitrogens with one attached hydrogen (secondary N) is 1. The highest BCUT2D eigenvalue weighted by atomic mass is 35.5. The number of amides is 2. The standard InChI is InChI=1S/C16H18Cl2N2O4/c1-24-16(23)13-4-2-3-7-20(13)14(21)9-19-15(22)10-5-6-11(17)12(18)8-10/h5-6,8,13H,2-4,7,9H2,1H3,(H,19,22). The van der Waals surface area contributed by atoms with E-state index in [1.54, 1.807) is 0 Å². The molecule has 0 radical (unpaired) electrons. The van der Waals surface area contributed by atoms with Crippen molar-refractivity contribution in [2.75, 3.05) is 20.2 Å². The van der Waals surface area contributed by atoms with Gasteiger partial charge in [0.15, 0.2) is 0 Å². The van der Waals surface area contributed by atoms with Crippen molar-refractivity contribution in [3.8, 4) is 0 Å². The summed E-state index contributed by atoms with van der Waals surface area (Å²) >= 11 is 11.7. The van der Waals surface area contributed by atoms with Crippen molar-refractivity contribution in [2.45, 2.75) is 25.3 Å². The smallest absolute Gasteiger partial charge is 0.328 e. The van der Waals surface area contributed by atoms with Gasteiger partial charge in [0.25, 0.3) is 5.91 Å². The number of methoxy groups -OCH3 is 1. The van der Waals surface area contributed by atoms with E-state index in [0.717, 1.165) is 12.8 Å². The van der Waals surface area contributed by atoms with E-state index in [1.807, 2.05) is 0 Å². The number of benzene rings is 1. The lowest BCUT2D eigenvalue weighted by molar-refractivity contribution is -0.154. The molecule has 1 N–H and O–H groups in total. The number of halogens is 2. The van der Waals surface area contributed by atoms with E-state index in [2.05, 4.69) is 5.32 Å². The number of piperidine rings is 1. The molecule has 2 rings (SSSR count). The molecule has 1 saturated heterocycles. The topological polar surface area (TPSA) is 75.7 Å². The third-order valence-electron chi connectivity index (χ3n) is 3.88. The van der Waals surface area contributed by atoms with Crippen LogP contribution in [0, 0.1) is 0 Å². The molecule has 0 aliphatic carbocycles. The van der Waals surface area contributed by atoms with Gasteiger partial charge in [-0.3, -0.25) is 9.59 Å². The minimum atomic E-state index is -0.585. The van der Waals surface area contributed by atoms with Crippen LogP contribution in [-0.4, -0.2) is 48.9 Å². The highest BCUT2D eigenvalue weighted by Gasteiger charge is 2.32. The second-order valence-electron chi connectivity index (χ2n) is 5.43. The molecular formula is C16H18Cl2N2O4. The van der Waals surface area contributed by atoms with E-state index in [9.17, 15) is 14.4 Å². The highest BCUT2D eigenvalue weighted by Crippen LogP contribution is 2.22. The van der Waals surface area contributed by atoms with Gasteiger partial charge in [-0.25, -0.2) is 4.79 Å². The summed E-state index contributed by atoms with van der Waals surface area (Å²) < 4.78 is 4.74. The molecule has 0 saturated carbocycles. The molecule has 0 spiro atoms. The Balaban J connectivity index is 1.97. The van der Waals surface area contributed by atoms with Crippen LogP contribution in [0.25, 0.3) is 0 Å². The molecule has 1 atom stereocenters. The second-order valence-corrected chi connectivity index (χ2v) is 6.25. The van der Waals surface area contributed by atoms with Gasteiger partial charge in [0, 0.05) is 12.1 Å². The van der Waals surface area contributed by atoms with Gasteiger partial charge < -0.3 is 15.0 Å². The molecule has 1 aliphatic rings. The first-order valence-electron chi connectivity index (χ1n) is 7.54. The highest BCUT2D eigenvalue weighted by molar-refractivity contribution is 6.42. The quantitative estimate of drug-likeness (QED) is 0.822. The molecule has 1 aliphatic heterocycles. The van der Waals surface area contributed by atoms with E-state index in [-0.39, 0.29) is 17.5 Å². The van der Waals surface area contributed by atoms with Gasteiger partial charge in [-0.05, 0) is 37.5 Å². The number of esters is 1. The zero-order valence-corrected chi connectivity index (χ0v) is 14.7. The number of carbonyl (C=O) groups excluding carboxylic acids is 3. The van der Waals surface area contributed by atoms with Crippen molar-refractivity contribution in [1.82, 2.24) is 10.2 Å². The van der Waals surface area contributed by atoms with Crippen LogP contribution in [-0.2, 0) is 14.3 Å². The third-order valence-corrected chi connectivity index (χ3v) is 4.62. The van der Waals surface area contributed by atoms with Crippen LogP contribution in [0.3, 0.4) is 0 Å². The number of nitrogens with zero attached hydrogens (tertiary/aromatic N) is 1. The number of ether oxygens (including phenoxy) is 1. The molecule has 0 aromatic heterocycles. The molecule has 130 valence electrons. The largest absolute Gasteiger partial charge is 0.467 e. The summed E-state index contributed by atoms with van der Waals surface area (Å²) in [5.74, 6) is -1.19. The number of hydrogen-bond acceptors (Lipinski definition) is 4. The predicted octanol–water partition coefficient (Wildman–Crippen LogP) is 2.28. The van der Waals surface area contributed by atoms with Crippen LogP contribution in [0.4, 0.5) is 0 Å². The van der Waals surface area contributed by atoms with Crippen LogP contribution >= 0.6 is 23.2 Å². The molecule has 1 heterocycles. The zero-order chi connectivity index (χ0) is 17.7. The van der Waals surface area contributed by atoms with E-state index in [1.165, 1.54) is 30.2 Å².